The van der Waals surface area contributed by atoms with E-state index in [1.54, 1.807) is 34.9 Å². The first-order valence-corrected chi connectivity index (χ1v) is 12.3. The molecule has 37 heavy (non-hydrogen) atoms. The number of carbonyl (C=O) groups excluding carboxylic acids is 1. The van der Waals surface area contributed by atoms with E-state index in [9.17, 15) is 18.0 Å². The molecule has 3 aromatic rings. The van der Waals surface area contributed by atoms with Gasteiger partial charge in [-0.25, -0.2) is 0 Å². The van der Waals surface area contributed by atoms with Crippen LogP contribution in [0.1, 0.15) is 45.8 Å². The first-order valence-electron chi connectivity index (χ1n) is 11.4. The molecule has 1 aliphatic rings. The molecule has 4 rings (SSSR count). The maximum Gasteiger partial charge on any atom is 0.416 e. The lowest BCUT2D eigenvalue weighted by Crippen LogP contribution is -2.36. The number of hydrogen-bond acceptors (Lipinski definition) is 8. The molecule has 2 aromatic carbocycles. The predicted octanol–water partition coefficient (Wildman–Crippen LogP) is 5.06. The van der Waals surface area contributed by atoms with Crippen LogP contribution in [0.25, 0.3) is 5.70 Å². The lowest BCUT2D eigenvalue weighted by atomic mass is 10.1. The molecule has 4 N–H and O–H groups in total. The van der Waals surface area contributed by atoms with Gasteiger partial charge in [0.1, 0.15) is 5.75 Å². The summed E-state index contributed by atoms with van der Waals surface area (Å²) in [4.78, 5) is 18.2. The molecule has 1 aromatic heterocycles. The Morgan fingerprint density at radius 3 is 2.68 bits per heavy atom. The summed E-state index contributed by atoms with van der Waals surface area (Å²) >= 11 is 1.47. The Morgan fingerprint density at radius 1 is 1.24 bits per heavy atom. The van der Waals surface area contributed by atoms with Gasteiger partial charge in [0.15, 0.2) is 0 Å². The van der Waals surface area contributed by atoms with Crippen molar-refractivity contribution >= 4 is 34.3 Å². The van der Waals surface area contributed by atoms with Crippen molar-refractivity contribution in [2.24, 2.45) is 0 Å². The van der Waals surface area contributed by atoms with Crippen molar-refractivity contribution in [3.63, 3.8) is 0 Å². The van der Waals surface area contributed by atoms with E-state index in [0.29, 0.717) is 11.3 Å². The predicted molar refractivity (Wildman–Crippen MR) is 138 cm³/mol. The van der Waals surface area contributed by atoms with Gasteiger partial charge in [-0.15, -0.1) is 16.9 Å². The summed E-state index contributed by atoms with van der Waals surface area (Å²) in [7, 11) is 1.36. The van der Waals surface area contributed by atoms with Crippen LogP contribution in [-0.2, 0) is 12.7 Å². The molecule has 12 heteroatoms. The first-order chi connectivity index (χ1) is 17.6. The van der Waals surface area contributed by atoms with Crippen molar-refractivity contribution in [1.29, 1.82) is 0 Å². The fraction of sp³-hybridized carbons (Fsp3) is 0.280. The Hall–Kier alpha value is -3.61. The van der Waals surface area contributed by atoms with E-state index in [1.807, 2.05) is 27.0 Å². The van der Waals surface area contributed by atoms with Crippen LogP contribution in [0, 0.1) is 6.92 Å². The van der Waals surface area contributed by atoms with E-state index >= 15 is 0 Å². The molecule has 0 spiro atoms. The molecule has 0 saturated heterocycles. The summed E-state index contributed by atoms with van der Waals surface area (Å²) < 4.78 is 46.4. The van der Waals surface area contributed by atoms with Crippen molar-refractivity contribution in [1.82, 2.24) is 21.3 Å². The Balaban J connectivity index is 1.64. The van der Waals surface area contributed by atoms with Gasteiger partial charge in [-0.3, -0.25) is 14.8 Å². The van der Waals surface area contributed by atoms with Gasteiger partial charge < -0.3 is 20.8 Å². The number of ether oxygens (including phenoxy) is 1. The van der Waals surface area contributed by atoms with Crippen LogP contribution >= 0.6 is 11.3 Å². The van der Waals surface area contributed by atoms with E-state index in [4.69, 9.17) is 4.74 Å². The minimum Gasteiger partial charge on any atom is -0.494 e. The highest BCUT2D eigenvalue weighted by atomic mass is 32.1. The molecule has 0 saturated carbocycles. The number of hydrazine groups is 2. The number of thiazole rings is 1. The number of methoxy groups -OCH3 is 1. The average molecular weight is 533 g/mol. The van der Waals surface area contributed by atoms with Crippen molar-refractivity contribution in [3.8, 4) is 5.75 Å². The molecular formula is C25H27F3N6O2S. The summed E-state index contributed by atoms with van der Waals surface area (Å²) in [6, 6.07) is 7.02. The van der Waals surface area contributed by atoms with Gasteiger partial charge >= 0.3 is 6.18 Å². The molecule has 8 nitrogen and oxygen atoms in total. The fourth-order valence-corrected chi connectivity index (χ4v) is 4.34. The minimum absolute atomic E-state index is 0.0441. The molecule has 0 radical (unpaired) electrons. The normalized spacial score (nSPS) is 13.5. The van der Waals surface area contributed by atoms with Crippen LogP contribution < -0.4 is 31.3 Å². The van der Waals surface area contributed by atoms with Crippen LogP contribution in [-0.4, -0.2) is 24.0 Å². The summed E-state index contributed by atoms with van der Waals surface area (Å²) in [6.45, 7) is 5.81. The lowest BCUT2D eigenvalue weighted by molar-refractivity contribution is -0.137. The number of benzene rings is 2. The summed E-state index contributed by atoms with van der Waals surface area (Å²) in [5.41, 5.74) is 9.83. The van der Waals surface area contributed by atoms with Gasteiger partial charge in [-0.05, 0) is 36.8 Å². The maximum absolute atomic E-state index is 13.6. The highest BCUT2D eigenvalue weighted by Crippen LogP contribution is 2.38. The SMILES string of the molecule is COc1c(CNC(C)C)cc(C(F)(F)F)cc1NC(=O)c1ccc(C)c(N2C=C(c3cncs3)NN2)c1. The molecule has 2 heterocycles. The van der Waals surface area contributed by atoms with E-state index < -0.39 is 17.6 Å². The highest BCUT2D eigenvalue weighted by Gasteiger charge is 2.33. The van der Waals surface area contributed by atoms with Gasteiger partial charge in [0, 0.05) is 36.1 Å². The van der Waals surface area contributed by atoms with Crippen molar-refractivity contribution < 1.29 is 22.7 Å². The second-order valence-corrected chi connectivity index (χ2v) is 9.61. The molecular weight excluding hydrogens is 505 g/mol. The molecule has 0 fully saturated rings. The number of rotatable bonds is 8. The van der Waals surface area contributed by atoms with E-state index in [1.165, 1.54) is 18.4 Å². The van der Waals surface area contributed by atoms with Crippen LogP contribution in [0.2, 0.25) is 0 Å². The smallest absolute Gasteiger partial charge is 0.416 e. The number of amides is 1. The zero-order chi connectivity index (χ0) is 26.7. The van der Waals surface area contributed by atoms with Crippen LogP contribution in [0.5, 0.6) is 5.75 Å². The maximum atomic E-state index is 13.6. The third-order valence-corrected chi connectivity index (χ3v) is 6.45. The second kappa shape index (κ2) is 10.8. The number of nitrogens with zero attached hydrogens (tertiary/aromatic N) is 2. The van der Waals surface area contributed by atoms with Gasteiger partial charge in [-0.2, -0.15) is 13.2 Å². The summed E-state index contributed by atoms with van der Waals surface area (Å²) in [5, 5.41) is 7.44. The van der Waals surface area contributed by atoms with E-state index in [-0.39, 0.29) is 29.6 Å². The van der Waals surface area contributed by atoms with Gasteiger partial charge in [0.25, 0.3) is 5.91 Å². The van der Waals surface area contributed by atoms with Crippen LogP contribution in [0.3, 0.4) is 0 Å². The third-order valence-electron chi connectivity index (χ3n) is 5.64. The lowest BCUT2D eigenvalue weighted by Gasteiger charge is -2.20. The number of aromatic nitrogens is 1. The average Bonchev–Trinajstić information content (AvgIpc) is 3.54. The number of alkyl halides is 3. The third kappa shape index (κ3) is 6.04. The van der Waals surface area contributed by atoms with E-state index in [2.05, 4.69) is 26.6 Å². The van der Waals surface area contributed by atoms with Gasteiger partial charge in [0.2, 0.25) is 0 Å². The molecule has 1 amide bonds. The standard InChI is InChI=1S/C25H27F3N6O2S/c1-14(2)30-10-17-7-18(25(26,27)28)9-19(23(17)36-4)31-24(35)16-6-5-15(3)21(8-16)34-12-20(32-33-34)22-11-29-13-37-22/h5-9,11-14,30,32-33H,10H2,1-4H3,(H,31,35). The number of aryl methyl sites for hydroxylation is 1. The Morgan fingerprint density at radius 2 is 2.03 bits per heavy atom. The highest BCUT2D eigenvalue weighted by molar-refractivity contribution is 7.10. The van der Waals surface area contributed by atoms with Gasteiger partial charge in [-0.1, -0.05) is 19.9 Å². The Labute approximate surface area is 216 Å². The van der Waals surface area contributed by atoms with Gasteiger partial charge in [0.05, 0.1) is 40.1 Å². The zero-order valence-corrected chi connectivity index (χ0v) is 21.5. The van der Waals surface area contributed by atoms with Crippen molar-refractivity contribution in [3.05, 3.63) is 75.4 Å². The number of hydrogen-bond donors (Lipinski definition) is 4. The molecule has 0 unspecified atom stereocenters. The minimum atomic E-state index is -4.59. The molecule has 196 valence electrons. The number of nitrogens with one attached hydrogen (secondary N) is 4. The van der Waals surface area contributed by atoms with Crippen LogP contribution in [0.4, 0.5) is 24.5 Å². The largest absolute Gasteiger partial charge is 0.494 e. The quantitative estimate of drug-likeness (QED) is 0.323. The second-order valence-electron chi connectivity index (χ2n) is 8.72. The van der Waals surface area contributed by atoms with E-state index in [0.717, 1.165) is 28.3 Å². The number of carbonyl (C=O) groups is 1. The van der Waals surface area contributed by atoms with Crippen molar-refractivity contribution in [2.75, 3.05) is 17.4 Å². The number of anilines is 2. The molecule has 0 aliphatic carbocycles. The van der Waals surface area contributed by atoms with Crippen molar-refractivity contribution in [2.45, 2.75) is 39.5 Å². The number of halogens is 3. The molecule has 0 atom stereocenters. The monoisotopic (exact) mass is 532 g/mol. The molecule has 1 aliphatic heterocycles. The zero-order valence-electron chi connectivity index (χ0n) is 20.7. The molecule has 0 bridgehead atoms. The Bertz CT molecular complexity index is 1310. The van der Waals surface area contributed by atoms with Crippen LogP contribution in [0.15, 0.2) is 48.2 Å². The fourth-order valence-electron chi connectivity index (χ4n) is 3.75. The first kappa shape index (κ1) is 26.5. The topological polar surface area (TPSA) is 90.6 Å². The summed E-state index contributed by atoms with van der Waals surface area (Å²) in [6.07, 6.45) is -1.02. The Kier molecular flexibility index (Phi) is 7.71. The summed E-state index contributed by atoms with van der Waals surface area (Å²) in [5.74, 6) is -0.398.